The topological polar surface area (TPSA) is 112 Å². The Morgan fingerprint density at radius 2 is 1.94 bits per heavy atom. The summed E-state index contributed by atoms with van der Waals surface area (Å²) in [5, 5.41) is 16.6. The fraction of sp³-hybridized carbons (Fsp3) is 0.409. The number of rotatable bonds is 4. The molecule has 1 aliphatic heterocycles. The lowest BCUT2D eigenvalue weighted by molar-refractivity contribution is 0.515. The SMILES string of the molecule is N#Cc1cc2cnc(Nc3ccc(N4CCNCC4)nc3)nc2n(C2CCCC2)c1=O. The van der Waals surface area contributed by atoms with E-state index in [-0.39, 0.29) is 17.2 Å². The minimum absolute atomic E-state index is 0.0750. The Balaban J connectivity index is 1.46. The maximum Gasteiger partial charge on any atom is 0.270 e. The molecule has 9 nitrogen and oxygen atoms in total. The number of hydrogen-bond acceptors (Lipinski definition) is 8. The molecule has 1 saturated carbocycles. The molecule has 0 aromatic carbocycles. The van der Waals surface area contributed by atoms with Crippen molar-refractivity contribution in [2.45, 2.75) is 31.7 Å². The Labute approximate surface area is 179 Å². The number of nitriles is 1. The normalized spacial score (nSPS) is 17.1. The van der Waals surface area contributed by atoms with Crippen molar-refractivity contribution in [1.29, 1.82) is 5.26 Å². The fourth-order valence-electron chi connectivity index (χ4n) is 4.43. The van der Waals surface area contributed by atoms with Gasteiger partial charge in [-0.1, -0.05) is 12.8 Å². The van der Waals surface area contributed by atoms with Gasteiger partial charge in [0.1, 0.15) is 23.1 Å². The van der Waals surface area contributed by atoms with Crippen LogP contribution in [0.4, 0.5) is 17.5 Å². The first-order valence-corrected chi connectivity index (χ1v) is 10.7. The quantitative estimate of drug-likeness (QED) is 0.667. The highest BCUT2D eigenvalue weighted by atomic mass is 16.1. The molecule has 2 N–H and O–H groups in total. The van der Waals surface area contributed by atoms with Crippen molar-refractivity contribution in [2.24, 2.45) is 0 Å². The van der Waals surface area contributed by atoms with Crippen molar-refractivity contribution >= 4 is 28.5 Å². The van der Waals surface area contributed by atoms with Gasteiger partial charge < -0.3 is 15.5 Å². The summed E-state index contributed by atoms with van der Waals surface area (Å²) in [7, 11) is 0. The van der Waals surface area contributed by atoms with E-state index in [1.54, 1.807) is 23.0 Å². The number of aromatic nitrogens is 4. The van der Waals surface area contributed by atoms with Crippen LogP contribution in [-0.2, 0) is 0 Å². The molecule has 2 fully saturated rings. The minimum atomic E-state index is -0.270. The lowest BCUT2D eigenvalue weighted by Crippen LogP contribution is -2.43. The van der Waals surface area contributed by atoms with Gasteiger partial charge in [-0.3, -0.25) is 9.36 Å². The second kappa shape index (κ2) is 8.32. The average molecular weight is 416 g/mol. The van der Waals surface area contributed by atoms with E-state index in [1.807, 2.05) is 18.2 Å². The van der Waals surface area contributed by atoms with Crippen molar-refractivity contribution in [3.63, 3.8) is 0 Å². The van der Waals surface area contributed by atoms with Crippen LogP contribution in [0.5, 0.6) is 0 Å². The van der Waals surface area contributed by atoms with Gasteiger partial charge in [-0.25, -0.2) is 9.97 Å². The second-order valence-corrected chi connectivity index (χ2v) is 8.02. The Kier molecular flexibility index (Phi) is 5.22. The molecule has 0 spiro atoms. The highest BCUT2D eigenvalue weighted by molar-refractivity contribution is 5.77. The lowest BCUT2D eigenvalue weighted by Gasteiger charge is -2.28. The lowest BCUT2D eigenvalue weighted by atomic mass is 10.2. The van der Waals surface area contributed by atoms with Crippen molar-refractivity contribution in [2.75, 3.05) is 36.4 Å². The standard InChI is InChI=1S/C22H24N8O/c23-12-15-11-16-13-26-22(28-20(16)30(21(15)31)18-3-1-2-4-18)27-17-5-6-19(25-14-17)29-9-7-24-8-10-29/h5-6,11,13-14,18,24H,1-4,7-10H2,(H,26,27,28). The van der Waals surface area contributed by atoms with Crippen LogP contribution in [0.2, 0.25) is 0 Å². The van der Waals surface area contributed by atoms with Crippen LogP contribution >= 0.6 is 0 Å². The Bertz CT molecular complexity index is 1190. The first-order valence-electron chi connectivity index (χ1n) is 10.7. The summed E-state index contributed by atoms with van der Waals surface area (Å²) in [6.45, 7) is 3.81. The summed E-state index contributed by atoms with van der Waals surface area (Å²) >= 11 is 0. The third-order valence-electron chi connectivity index (χ3n) is 6.03. The monoisotopic (exact) mass is 416 g/mol. The van der Waals surface area contributed by atoms with Crippen LogP contribution in [0.3, 0.4) is 0 Å². The summed E-state index contributed by atoms with van der Waals surface area (Å²) in [4.78, 5) is 28.8. The van der Waals surface area contributed by atoms with E-state index in [2.05, 4.69) is 30.5 Å². The van der Waals surface area contributed by atoms with E-state index in [0.717, 1.165) is 63.4 Å². The van der Waals surface area contributed by atoms with Gasteiger partial charge in [0.25, 0.3) is 5.56 Å². The maximum absolute atomic E-state index is 12.9. The molecule has 0 atom stereocenters. The molecule has 158 valence electrons. The third-order valence-corrected chi connectivity index (χ3v) is 6.03. The van der Waals surface area contributed by atoms with E-state index in [9.17, 15) is 10.1 Å². The molecule has 0 radical (unpaired) electrons. The first-order chi connectivity index (χ1) is 15.2. The van der Waals surface area contributed by atoms with Crippen LogP contribution < -0.4 is 21.1 Å². The predicted octanol–water partition coefficient (Wildman–Crippen LogP) is 2.33. The second-order valence-electron chi connectivity index (χ2n) is 8.02. The molecule has 0 bridgehead atoms. The number of anilines is 3. The molecular weight excluding hydrogens is 392 g/mol. The highest BCUT2D eigenvalue weighted by Crippen LogP contribution is 2.31. The van der Waals surface area contributed by atoms with Crippen LogP contribution in [0.25, 0.3) is 11.0 Å². The number of nitrogens with one attached hydrogen (secondary N) is 2. The molecule has 0 amide bonds. The Morgan fingerprint density at radius 1 is 1.13 bits per heavy atom. The predicted molar refractivity (Wildman–Crippen MR) is 119 cm³/mol. The van der Waals surface area contributed by atoms with Crippen molar-refractivity contribution in [3.05, 3.63) is 46.5 Å². The average Bonchev–Trinajstić information content (AvgIpc) is 3.34. The number of pyridine rings is 2. The maximum atomic E-state index is 12.9. The molecule has 5 rings (SSSR count). The molecule has 2 aliphatic rings. The van der Waals surface area contributed by atoms with Gasteiger partial charge in [0.05, 0.1) is 11.9 Å². The van der Waals surface area contributed by atoms with Crippen LogP contribution in [0.1, 0.15) is 37.3 Å². The van der Waals surface area contributed by atoms with Gasteiger partial charge in [-0.2, -0.15) is 10.2 Å². The Morgan fingerprint density at radius 3 is 2.65 bits per heavy atom. The summed E-state index contributed by atoms with van der Waals surface area (Å²) in [5.74, 6) is 1.35. The molecule has 1 aliphatic carbocycles. The van der Waals surface area contributed by atoms with E-state index >= 15 is 0 Å². The molecule has 3 aromatic heterocycles. The van der Waals surface area contributed by atoms with Crippen LogP contribution in [-0.4, -0.2) is 45.7 Å². The molecule has 9 heteroatoms. The smallest absolute Gasteiger partial charge is 0.270 e. The molecule has 0 unspecified atom stereocenters. The molecule has 1 saturated heterocycles. The third kappa shape index (κ3) is 3.82. The van der Waals surface area contributed by atoms with E-state index in [0.29, 0.717) is 17.0 Å². The van der Waals surface area contributed by atoms with Gasteiger partial charge >= 0.3 is 0 Å². The zero-order valence-corrected chi connectivity index (χ0v) is 17.2. The van der Waals surface area contributed by atoms with Gasteiger partial charge in [0.2, 0.25) is 5.95 Å². The summed E-state index contributed by atoms with van der Waals surface area (Å²) in [6, 6.07) is 7.62. The van der Waals surface area contributed by atoms with Crippen molar-refractivity contribution < 1.29 is 0 Å². The minimum Gasteiger partial charge on any atom is -0.354 e. The van der Waals surface area contributed by atoms with Gasteiger partial charge in [-0.15, -0.1) is 0 Å². The van der Waals surface area contributed by atoms with Crippen molar-refractivity contribution in [1.82, 2.24) is 24.8 Å². The summed E-state index contributed by atoms with van der Waals surface area (Å²) in [5.41, 5.74) is 1.21. The summed E-state index contributed by atoms with van der Waals surface area (Å²) < 4.78 is 1.69. The zero-order valence-electron chi connectivity index (χ0n) is 17.2. The molecular formula is C22H24N8O. The number of fused-ring (bicyclic) bond motifs is 1. The van der Waals surface area contributed by atoms with E-state index in [4.69, 9.17) is 0 Å². The van der Waals surface area contributed by atoms with Gasteiger partial charge in [0.15, 0.2) is 0 Å². The highest BCUT2D eigenvalue weighted by Gasteiger charge is 2.22. The first kappa shape index (κ1) is 19.5. The van der Waals surface area contributed by atoms with E-state index < -0.39 is 0 Å². The number of piperazine rings is 1. The van der Waals surface area contributed by atoms with E-state index in [1.165, 1.54) is 0 Å². The number of hydrogen-bond donors (Lipinski definition) is 2. The fourth-order valence-corrected chi connectivity index (χ4v) is 4.43. The summed E-state index contributed by atoms with van der Waals surface area (Å²) in [6.07, 6.45) is 7.45. The zero-order chi connectivity index (χ0) is 21.2. The molecule has 31 heavy (non-hydrogen) atoms. The Hall–Kier alpha value is -3.51. The largest absolute Gasteiger partial charge is 0.354 e. The van der Waals surface area contributed by atoms with Crippen molar-refractivity contribution in [3.8, 4) is 6.07 Å². The van der Waals surface area contributed by atoms with Gasteiger partial charge in [0, 0.05) is 43.8 Å². The molecule has 3 aromatic rings. The molecule has 4 heterocycles. The van der Waals surface area contributed by atoms with Crippen LogP contribution in [0, 0.1) is 11.3 Å². The van der Waals surface area contributed by atoms with Gasteiger partial charge in [-0.05, 0) is 31.0 Å². The number of nitrogens with zero attached hydrogens (tertiary/aromatic N) is 6. The van der Waals surface area contributed by atoms with Crippen LogP contribution in [0.15, 0.2) is 35.4 Å².